The summed E-state index contributed by atoms with van der Waals surface area (Å²) in [4.78, 5) is 12.1. The van der Waals surface area contributed by atoms with Crippen LogP contribution in [0.3, 0.4) is 0 Å². The fourth-order valence-electron chi connectivity index (χ4n) is 3.10. The van der Waals surface area contributed by atoms with Gasteiger partial charge in [-0.05, 0) is 70.1 Å². The molecule has 4 rings (SSSR count). The van der Waals surface area contributed by atoms with Crippen molar-refractivity contribution in [2.24, 2.45) is 5.10 Å². The zero-order valence-electron chi connectivity index (χ0n) is 18.1. The molecule has 0 aliphatic carbocycles. The Balaban J connectivity index is 1.31. The summed E-state index contributed by atoms with van der Waals surface area (Å²) < 4.78 is 22.9. The van der Waals surface area contributed by atoms with E-state index in [1.807, 2.05) is 36.4 Å². The van der Waals surface area contributed by atoms with Crippen molar-refractivity contribution in [3.63, 3.8) is 0 Å². The van der Waals surface area contributed by atoms with Gasteiger partial charge in [0, 0.05) is 16.8 Å². The first-order chi connectivity index (χ1) is 16.5. The third-order valence-electron chi connectivity index (χ3n) is 4.78. The van der Waals surface area contributed by atoms with Crippen LogP contribution in [0.15, 0.2) is 59.7 Å². The van der Waals surface area contributed by atoms with Crippen molar-refractivity contribution < 1.29 is 23.7 Å². The highest BCUT2D eigenvalue weighted by Crippen LogP contribution is 2.35. The maximum atomic E-state index is 12.1. The van der Waals surface area contributed by atoms with Crippen molar-refractivity contribution in [3.05, 3.63) is 74.3 Å². The highest BCUT2D eigenvalue weighted by atomic mass is 127. The molecule has 1 aliphatic heterocycles. The maximum absolute atomic E-state index is 12.1. The van der Waals surface area contributed by atoms with Crippen LogP contribution in [-0.4, -0.2) is 32.6 Å². The smallest absolute Gasteiger partial charge is 0.259 e. The largest absolute Gasteiger partial charge is 0.493 e. The van der Waals surface area contributed by atoms with Gasteiger partial charge in [-0.25, -0.2) is 5.43 Å². The first-order valence-electron chi connectivity index (χ1n) is 10.2. The summed E-state index contributed by atoms with van der Waals surface area (Å²) in [6.07, 6.45) is 1.55. The summed E-state index contributed by atoms with van der Waals surface area (Å²) >= 11 is 8.11. The number of fused-ring (bicyclic) bond motifs is 1. The molecule has 3 aromatic rings. The fourth-order valence-corrected chi connectivity index (χ4v) is 4.00. The van der Waals surface area contributed by atoms with Crippen LogP contribution < -0.4 is 29.7 Å². The highest BCUT2D eigenvalue weighted by molar-refractivity contribution is 14.1. The molecule has 3 aromatic carbocycles. The molecule has 34 heavy (non-hydrogen) atoms. The van der Waals surface area contributed by atoms with Gasteiger partial charge in [0.1, 0.15) is 6.61 Å². The van der Waals surface area contributed by atoms with E-state index in [1.165, 1.54) is 0 Å². The molecular weight excluding hydrogens is 573 g/mol. The number of benzene rings is 3. The molecule has 0 saturated heterocycles. The second kappa shape index (κ2) is 11.3. The molecule has 0 saturated carbocycles. The van der Waals surface area contributed by atoms with Crippen molar-refractivity contribution in [2.45, 2.75) is 6.61 Å². The molecule has 0 unspecified atom stereocenters. The molecule has 0 bridgehead atoms. The quantitative estimate of drug-likeness (QED) is 0.210. The van der Waals surface area contributed by atoms with Crippen LogP contribution in [0.25, 0.3) is 0 Å². The fraction of sp³-hybridized carbons (Fsp3) is 0.167. The summed E-state index contributed by atoms with van der Waals surface area (Å²) in [5.41, 5.74) is 4.99. The van der Waals surface area contributed by atoms with Crippen molar-refractivity contribution in [1.29, 1.82) is 0 Å². The van der Waals surface area contributed by atoms with E-state index in [4.69, 9.17) is 30.5 Å². The van der Waals surface area contributed by atoms with Crippen molar-refractivity contribution in [2.75, 3.05) is 25.8 Å². The molecule has 176 valence electrons. The number of halogens is 2. The van der Waals surface area contributed by atoms with E-state index in [9.17, 15) is 4.79 Å². The van der Waals surface area contributed by atoms with Crippen molar-refractivity contribution >= 4 is 52.0 Å². The van der Waals surface area contributed by atoms with Crippen LogP contribution in [0.2, 0.25) is 5.02 Å². The molecule has 10 heteroatoms. The lowest BCUT2D eigenvalue weighted by Crippen LogP contribution is -2.25. The third kappa shape index (κ3) is 6.23. The predicted octanol–water partition coefficient (Wildman–Crippen LogP) is 4.82. The predicted molar refractivity (Wildman–Crippen MR) is 138 cm³/mol. The number of anilines is 1. The number of hydrogen-bond acceptors (Lipinski definition) is 7. The lowest BCUT2D eigenvalue weighted by atomic mass is 10.2. The Hall–Kier alpha value is -3.18. The van der Waals surface area contributed by atoms with Gasteiger partial charge in [0.25, 0.3) is 5.91 Å². The van der Waals surface area contributed by atoms with Crippen LogP contribution in [0, 0.1) is 3.57 Å². The summed E-state index contributed by atoms with van der Waals surface area (Å²) in [6, 6.07) is 16.5. The number of rotatable bonds is 9. The van der Waals surface area contributed by atoms with Crippen LogP contribution in [0.4, 0.5) is 5.69 Å². The zero-order valence-corrected chi connectivity index (χ0v) is 21.1. The van der Waals surface area contributed by atoms with E-state index in [0.717, 1.165) is 20.4 Å². The SMILES string of the molecule is COc1cc(/C=N\NC(=O)CNc2ccc3c(c2)OCO3)cc(I)c1OCc1ccc(Cl)cc1. The molecule has 0 aromatic heterocycles. The first kappa shape index (κ1) is 24.0. The van der Waals surface area contributed by atoms with E-state index in [2.05, 4.69) is 38.4 Å². The number of carbonyl (C=O) groups excluding carboxylic acids is 1. The summed E-state index contributed by atoms with van der Waals surface area (Å²) in [5.74, 6) is 2.24. The lowest BCUT2D eigenvalue weighted by Gasteiger charge is -2.13. The van der Waals surface area contributed by atoms with Gasteiger partial charge in [0.2, 0.25) is 6.79 Å². The van der Waals surface area contributed by atoms with E-state index < -0.39 is 0 Å². The van der Waals surface area contributed by atoms with E-state index >= 15 is 0 Å². The van der Waals surface area contributed by atoms with Crippen LogP contribution in [0.1, 0.15) is 11.1 Å². The summed E-state index contributed by atoms with van der Waals surface area (Å²) in [6.45, 7) is 0.631. The topological polar surface area (TPSA) is 90.4 Å². The number of hydrogen-bond donors (Lipinski definition) is 2. The van der Waals surface area contributed by atoms with Gasteiger partial charge in [-0.2, -0.15) is 5.10 Å². The third-order valence-corrected chi connectivity index (χ3v) is 5.83. The number of amides is 1. The minimum atomic E-state index is -0.293. The lowest BCUT2D eigenvalue weighted by molar-refractivity contribution is -0.119. The Morgan fingerprint density at radius 3 is 2.74 bits per heavy atom. The van der Waals surface area contributed by atoms with Crippen molar-refractivity contribution in [1.82, 2.24) is 5.43 Å². The van der Waals surface area contributed by atoms with Crippen molar-refractivity contribution in [3.8, 4) is 23.0 Å². The Bertz CT molecular complexity index is 1200. The molecule has 0 fully saturated rings. The normalized spacial score (nSPS) is 12.0. The number of nitrogens with zero attached hydrogens (tertiary/aromatic N) is 1. The molecule has 1 heterocycles. The van der Waals surface area contributed by atoms with Gasteiger partial charge >= 0.3 is 0 Å². The maximum Gasteiger partial charge on any atom is 0.259 e. The Morgan fingerprint density at radius 2 is 1.94 bits per heavy atom. The average molecular weight is 594 g/mol. The van der Waals surface area contributed by atoms with E-state index in [-0.39, 0.29) is 19.2 Å². The molecule has 0 atom stereocenters. The Morgan fingerprint density at radius 1 is 1.15 bits per heavy atom. The van der Waals surface area contributed by atoms with Gasteiger partial charge in [0.15, 0.2) is 23.0 Å². The second-order valence-corrected chi connectivity index (χ2v) is 8.76. The number of hydrazone groups is 1. The van der Waals surface area contributed by atoms with Gasteiger partial charge in [0.05, 0.1) is 23.4 Å². The van der Waals surface area contributed by atoms with Gasteiger partial charge in [-0.1, -0.05) is 23.7 Å². The summed E-state index contributed by atoms with van der Waals surface area (Å²) in [5, 5.41) is 7.74. The Labute approximate surface area is 215 Å². The monoisotopic (exact) mass is 593 g/mol. The number of nitrogens with one attached hydrogen (secondary N) is 2. The zero-order chi connectivity index (χ0) is 23.9. The molecule has 8 nitrogen and oxygen atoms in total. The van der Waals surface area contributed by atoms with Gasteiger partial charge in [-0.15, -0.1) is 0 Å². The van der Waals surface area contributed by atoms with Crippen LogP contribution >= 0.6 is 34.2 Å². The van der Waals surface area contributed by atoms with Crippen LogP contribution in [0.5, 0.6) is 23.0 Å². The molecule has 1 amide bonds. The molecular formula is C24H21ClIN3O5. The van der Waals surface area contributed by atoms with E-state index in [0.29, 0.717) is 34.6 Å². The Kier molecular flexibility index (Phi) is 7.96. The van der Waals surface area contributed by atoms with E-state index in [1.54, 1.807) is 31.5 Å². The van der Waals surface area contributed by atoms with Gasteiger partial charge < -0.3 is 24.3 Å². The standard InChI is InChI=1S/C24H21ClIN3O5/c1-31-22-9-16(8-19(26)24(22)32-13-15-2-4-17(25)5-3-15)11-28-29-23(30)12-27-18-6-7-20-21(10-18)34-14-33-20/h2-11,27H,12-14H2,1H3,(H,29,30)/b28-11-. The summed E-state index contributed by atoms with van der Waals surface area (Å²) in [7, 11) is 1.57. The number of ether oxygens (including phenoxy) is 4. The van der Waals surface area contributed by atoms with Crippen LogP contribution in [-0.2, 0) is 11.4 Å². The average Bonchev–Trinajstić information content (AvgIpc) is 3.31. The number of carbonyl (C=O) groups is 1. The first-order valence-corrected chi connectivity index (χ1v) is 11.7. The molecule has 0 spiro atoms. The minimum Gasteiger partial charge on any atom is -0.493 e. The second-order valence-electron chi connectivity index (χ2n) is 7.16. The molecule has 1 aliphatic rings. The minimum absolute atomic E-state index is 0.0509. The number of methoxy groups -OCH3 is 1. The molecule has 0 radical (unpaired) electrons. The highest BCUT2D eigenvalue weighted by Gasteiger charge is 2.14. The molecule has 2 N–H and O–H groups in total. The van der Waals surface area contributed by atoms with Gasteiger partial charge in [-0.3, -0.25) is 4.79 Å².